The quantitative estimate of drug-likeness (QED) is 0.733. The summed E-state index contributed by atoms with van der Waals surface area (Å²) in [5, 5.41) is 12.3. The summed E-state index contributed by atoms with van der Waals surface area (Å²) in [6.07, 6.45) is 0.888. The van der Waals surface area contributed by atoms with E-state index in [1.54, 1.807) is 0 Å². The molecule has 0 radical (unpaired) electrons. The molecule has 0 bridgehead atoms. The Morgan fingerprint density at radius 3 is 2.67 bits per heavy atom. The first kappa shape index (κ1) is 17.7. The minimum absolute atomic E-state index is 0.101. The van der Waals surface area contributed by atoms with E-state index in [0.29, 0.717) is 13.0 Å². The van der Waals surface area contributed by atoms with Crippen LogP contribution in [0, 0.1) is 11.3 Å². The first-order valence-electron chi connectivity index (χ1n) is 7.90. The summed E-state index contributed by atoms with van der Waals surface area (Å²) in [4.78, 5) is 25.2. The Kier molecular flexibility index (Phi) is 5.72. The van der Waals surface area contributed by atoms with Gasteiger partial charge in [0.05, 0.1) is 6.07 Å². The maximum Gasteiger partial charge on any atom is 0.244 e. The number of likely N-dealkylation sites (tertiary alicyclic amines) is 1. The van der Waals surface area contributed by atoms with Crippen LogP contribution >= 0.6 is 0 Å². The fourth-order valence-corrected chi connectivity index (χ4v) is 2.80. The van der Waals surface area contributed by atoms with Crippen LogP contribution in [0.15, 0.2) is 42.5 Å². The molecule has 1 fully saturated rings. The second-order valence-electron chi connectivity index (χ2n) is 6.16. The molecule has 0 saturated carbocycles. The lowest BCUT2D eigenvalue weighted by atomic mass is 10.00. The number of carbonyl (C=O) groups is 2. The zero-order valence-electron chi connectivity index (χ0n) is 13.6. The Labute approximate surface area is 141 Å². The SMILES string of the molecule is C=C(CCC(=O)NC1(C#N)CCN(Cc2ccccc2)C1)C(N)=O. The van der Waals surface area contributed by atoms with Gasteiger partial charge in [-0.1, -0.05) is 36.9 Å². The predicted octanol–water partition coefficient (Wildman–Crippen LogP) is 1.09. The van der Waals surface area contributed by atoms with Crippen molar-refractivity contribution < 1.29 is 9.59 Å². The van der Waals surface area contributed by atoms with Crippen LogP contribution in [0.3, 0.4) is 0 Å². The number of primary amides is 1. The third-order valence-electron chi connectivity index (χ3n) is 4.19. The lowest BCUT2D eigenvalue weighted by molar-refractivity contribution is -0.122. The van der Waals surface area contributed by atoms with E-state index in [1.165, 1.54) is 5.56 Å². The van der Waals surface area contributed by atoms with Crippen molar-refractivity contribution in [1.82, 2.24) is 10.2 Å². The first-order chi connectivity index (χ1) is 11.4. The molecule has 0 aliphatic carbocycles. The summed E-state index contributed by atoms with van der Waals surface area (Å²) >= 11 is 0. The van der Waals surface area contributed by atoms with Gasteiger partial charge in [0.25, 0.3) is 0 Å². The summed E-state index contributed by atoms with van der Waals surface area (Å²) in [7, 11) is 0. The molecule has 1 atom stereocenters. The fraction of sp³-hybridized carbons (Fsp3) is 0.389. The Bertz CT molecular complexity index is 665. The lowest BCUT2D eigenvalue weighted by Crippen LogP contribution is -2.49. The van der Waals surface area contributed by atoms with Crippen LogP contribution < -0.4 is 11.1 Å². The number of nitrogens with two attached hydrogens (primary N) is 1. The molecule has 2 amide bonds. The minimum atomic E-state index is -0.875. The molecule has 6 nitrogen and oxygen atoms in total. The van der Waals surface area contributed by atoms with E-state index in [-0.39, 0.29) is 24.3 Å². The van der Waals surface area contributed by atoms with E-state index < -0.39 is 11.4 Å². The number of nitriles is 1. The molecule has 1 aromatic carbocycles. The molecule has 6 heteroatoms. The summed E-state index contributed by atoms with van der Waals surface area (Å²) in [6, 6.07) is 12.3. The van der Waals surface area contributed by atoms with Crippen molar-refractivity contribution in [2.24, 2.45) is 5.73 Å². The molecule has 0 aromatic heterocycles. The highest BCUT2D eigenvalue weighted by molar-refractivity contribution is 5.92. The minimum Gasteiger partial charge on any atom is -0.366 e. The topological polar surface area (TPSA) is 99.2 Å². The van der Waals surface area contributed by atoms with Crippen molar-refractivity contribution >= 4 is 11.8 Å². The van der Waals surface area contributed by atoms with Gasteiger partial charge in [-0.25, -0.2) is 0 Å². The van der Waals surface area contributed by atoms with E-state index in [4.69, 9.17) is 5.73 Å². The molecule has 1 unspecified atom stereocenters. The third kappa shape index (κ3) is 4.67. The summed E-state index contributed by atoms with van der Waals surface area (Å²) < 4.78 is 0. The number of amides is 2. The maximum atomic E-state index is 12.1. The Balaban J connectivity index is 1.88. The van der Waals surface area contributed by atoms with Crippen LogP contribution in [0.1, 0.15) is 24.8 Å². The smallest absolute Gasteiger partial charge is 0.244 e. The van der Waals surface area contributed by atoms with E-state index in [9.17, 15) is 14.9 Å². The zero-order valence-corrected chi connectivity index (χ0v) is 13.6. The van der Waals surface area contributed by atoms with Gasteiger partial charge in [0.2, 0.25) is 11.8 Å². The Hall–Kier alpha value is -2.65. The number of hydrogen-bond acceptors (Lipinski definition) is 4. The molecule has 24 heavy (non-hydrogen) atoms. The third-order valence-corrected chi connectivity index (χ3v) is 4.19. The molecule has 1 aliphatic heterocycles. The van der Waals surface area contributed by atoms with Gasteiger partial charge in [0.1, 0.15) is 5.54 Å². The molecule has 3 N–H and O–H groups in total. The van der Waals surface area contributed by atoms with E-state index in [2.05, 4.69) is 22.9 Å². The molecule has 0 spiro atoms. The molecule has 2 rings (SSSR count). The van der Waals surface area contributed by atoms with Gasteiger partial charge in [-0.3, -0.25) is 14.5 Å². The molecule has 1 aromatic rings. The van der Waals surface area contributed by atoms with Crippen LogP contribution in [0.5, 0.6) is 0 Å². The number of rotatable bonds is 7. The van der Waals surface area contributed by atoms with Crippen LogP contribution in [0.25, 0.3) is 0 Å². The fourth-order valence-electron chi connectivity index (χ4n) is 2.80. The summed E-state index contributed by atoms with van der Waals surface area (Å²) in [6.45, 7) is 5.51. The van der Waals surface area contributed by atoms with E-state index >= 15 is 0 Å². The van der Waals surface area contributed by atoms with Crippen molar-refractivity contribution in [3.05, 3.63) is 48.0 Å². The number of carbonyl (C=O) groups excluding carboxylic acids is 2. The van der Waals surface area contributed by atoms with Crippen LogP contribution in [-0.4, -0.2) is 35.3 Å². The maximum absolute atomic E-state index is 12.1. The molecule has 126 valence electrons. The van der Waals surface area contributed by atoms with Gasteiger partial charge < -0.3 is 11.1 Å². The Morgan fingerprint density at radius 1 is 1.33 bits per heavy atom. The van der Waals surface area contributed by atoms with E-state index in [1.807, 2.05) is 30.3 Å². The van der Waals surface area contributed by atoms with Gasteiger partial charge in [-0.2, -0.15) is 5.26 Å². The molecular formula is C18H22N4O2. The largest absolute Gasteiger partial charge is 0.366 e. The molecule has 1 aliphatic rings. The second-order valence-corrected chi connectivity index (χ2v) is 6.16. The second kappa shape index (κ2) is 7.75. The van der Waals surface area contributed by atoms with Crippen molar-refractivity contribution in [3.8, 4) is 6.07 Å². The predicted molar refractivity (Wildman–Crippen MR) is 90.4 cm³/mol. The van der Waals surface area contributed by atoms with Crippen LogP contribution in [0.2, 0.25) is 0 Å². The average Bonchev–Trinajstić information content (AvgIpc) is 2.96. The van der Waals surface area contributed by atoms with Crippen molar-refractivity contribution in [1.29, 1.82) is 5.26 Å². The van der Waals surface area contributed by atoms with Gasteiger partial charge in [0.15, 0.2) is 0 Å². The van der Waals surface area contributed by atoms with Crippen molar-refractivity contribution in [3.63, 3.8) is 0 Å². The molecular weight excluding hydrogens is 304 g/mol. The summed E-state index contributed by atoms with van der Waals surface area (Å²) in [5.41, 5.74) is 5.62. The monoisotopic (exact) mass is 326 g/mol. The zero-order chi connectivity index (χ0) is 17.6. The first-order valence-corrected chi connectivity index (χ1v) is 7.90. The average molecular weight is 326 g/mol. The standard InChI is InChI=1S/C18H22N4O2/c1-14(17(20)24)7-8-16(23)21-18(12-19)9-10-22(13-18)11-15-5-3-2-4-6-15/h2-6H,1,7-11,13H2,(H2,20,24)(H,21,23). The van der Waals surface area contributed by atoms with Gasteiger partial charge in [-0.05, 0) is 18.4 Å². The van der Waals surface area contributed by atoms with E-state index in [0.717, 1.165) is 13.1 Å². The number of nitrogens with zero attached hydrogens (tertiary/aromatic N) is 2. The normalized spacial score (nSPS) is 20.3. The molecule has 1 heterocycles. The summed E-state index contributed by atoms with van der Waals surface area (Å²) in [5.74, 6) is -0.867. The highest BCUT2D eigenvalue weighted by Crippen LogP contribution is 2.23. The highest BCUT2D eigenvalue weighted by Gasteiger charge is 2.39. The van der Waals surface area contributed by atoms with Crippen LogP contribution in [0.4, 0.5) is 0 Å². The Morgan fingerprint density at radius 2 is 2.04 bits per heavy atom. The van der Waals surface area contributed by atoms with Crippen molar-refractivity contribution in [2.45, 2.75) is 31.3 Å². The highest BCUT2D eigenvalue weighted by atomic mass is 16.2. The van der Waals surface area contributed by atoms with Gasteiger partial charge >= 0.3 is 0 Å². The van der Waals surface area contributed by atoms with Gasteiger partial charge in [0, 0.05) is 31.6 Å². The molecule has 1 saturated heterocycles. The lowest BCUT2D eigenvalue weighted by Gasteiger charge is -2.23. The number of hydrogen-bond donors (Lipinski definition) is 2. The van der Waals surface area contributed by atoms with Crippen molar-refractivity contribution in [2.75, 3.05) is 13.1 Å². The van der Waals surface area contributed by atoms with Gasteiger partial charge in [-0.15, -0.1) is 0 Å². The van der Waals surface area contributed by atoms with Crippen LogP contribution in [-0.2, 0) is 16.1 Å². The number of benzene rings is 1. The number of nitrogens with one attached hydrogen (secondary N) is 1.